The highest BCUT2D eigenvalue weighted by Crippen LogP contribution is 2.27. The maximum absolute atomic E-state index is 13.5. The van der Waals surface area contributed by atoms with Gasteiger partial charge in [0.2, 0.25) is 0 Å². The summed E-state index contributed by atoms with van der Waals surface area (Å²) in [5, 5.41) is 12.2. The molecule has 0 aliphatic rings. The molecule has 0 aliphatic carbocycles. The van der Waals surface area contributed by atoms with E-state index in [9.17, 15) is 18.3 Å². The van der Waals surface area contributed by atoms with Crippen molar-refractivity contribution in [2.24, 2.45) is 0 Å². The fourth-order valence-corrected chi connectivity index (χ4v) is 4.47. The summed E-state index contributed by atoms with van der Waals surface area (Å²) < 4.78 is 28.3. The van der Waals surface area contributed by atoms with Gasteiger partial charge < -0.3 is 10.4 Å². The normalized spacial score (nSPS) is 11.7. The maximum Gasteiger partial charge on any atom is 0.264 e. The summed E-state index contributed by atoms with van der Waals surface area (Å²) in [4.78, 5) is 12.9. The second-order valence-corrected chi connectivity index (χ2v) is 9.72. The van der Waals surface area contributed by atoms with Gasteiger partial charge in [-0.05, 0) is 49.7 Å². The van der Waals surface area contributed by atoms with Crippen LogP contribution in [0.4, 0.5) is 5.69 Å². The third-order valence-corrected chi connectivity index (χ3v) is 6.53. The molecular formula is C24H26N2O4S. The van der Waals surface area contributed by atoms with Crippen LogP contribution in [0.5, 0.6) is 0 Å². The third kappa shape index (κ3) is 5.51. The van der Waals surface area contributed by atoms with Gasteiger partial charge in [0.15, 0.2) is 0 Å². The third-order valence-electron chi connectivity index (χ3n) is 4.74. The topological polar surface area (TPSA) is 86.7 Å². The molecule has 6 nitrogen and oxygen atoms in total. The number of carbonyl (C=O) groups excluding carboxylic acids is 1. The molecule has 7 heteroatoms. The van der Waals surface area contributed by atoms with Gasteiger partial charge in [0.1, 0.15) is 0 Å². The number of aliphatic hydroxyl groups excluding tert-OH is 1. The van der Waals surface area contributed by atoms with Crippen LogP contribution >= 0.6 is 0 Å². The van der Waals surface area contributed by atoms with Crippen LogP contribution < -0.4 is 9.62 Å². The molecule has 0 aliphatic heterocycles. The number of rotatable bonds is 8. The van der Waals surface area contributed by atoms with Crippen LogP contribution in [0.1, 0.15) is 29.8 Å². The lowest BCUT2D eigenvalue weighted by Crippen LogP contribution is -2.46. The molecule has 3 rings (SSSR count). The summed E-state index contributed by atoms with van der Waals surface area (Å²) in [6.07, 6.45) is 0. The van der Waals surface area contributed by atoms with Gasteiger partial charge in [-0.1, -0.05) is 54.6 Å². The maximum atomic E-state index is 13.5. The first-order chi connectivity index (χ1) is 14.7. The molecule has 3 aromatic carbocycles. The Morgan fingerprint density at radius 2 is 1.55 bits per heavy atom. The fraction of sp³-hybridized carbons (Fsp3) is 0.208. The summed E-state index contributed by atoms with van der Waals surface area (Å²) in [5.41, 5.74) is 0.702. The molecule has 0 bridgehead atoms. The largest absolute Gasteiger partial charge is 0.394 e. The first-order valence-electron chi connectivity index (χ1n) is 9.88. The van der Waals surface area contributed by atoms with Crippen LogP contribution in [0.3, 0.4) is 0 Å². The van der Waals surface area contributed by atoms with Crippen molar-refractivity contribution in [3.8, 4) is 0 Å². The van der Waals surface area contributed by atoms with E-state index in [1.54, 1.807) is 68.4 Å². The van der Waals surface area contributed by atoms with Crippen molar-refractivity contribution in [2.75, 3.05) is 10.9 Å². The van der Waals surface area contributed by atoms with E-state index in [1.165, 1.54) is 4.31 Å². The number of sulfonamides is 1. The van der Waals surface area contributed by atoms with E-state index in [2.05, 4.69) is 5.32 Å². The van der Waals surface area contributed by atoms with Crippen LogP contribution in [0, 0.1) is 0 Å². The standard InChI is InChI=1S/C24H26N2O4S/c1-24(2,18-27)25-23(28)20-12-9-13-21(16-20)26(17-19-10-5-3-6-11-19)31(29,30)22-14-7-4-8-15-22/h3-16,27H,17-18H2,1-2H3,(H,25,28). The molecule has 0 heterocycles. The summed E-state index contributed by atoms with van der Waals surface area (Å²) in [7, 11) is -3.87. The lowest BCUT2D eigenvalue weighted by Gasteiger charge is -2.26. The summed E-state index contributed by atoms with van der Waals surface area (Å²) >= 11 is 0. The fourth-order valence-electron chi connectivity index (χ4n) is 3.01. The van der Waals surface area contributed by atoms with E-state index in [0.29, 0.717) is 11.3 Å². The van der Waals surface area contributed by atoms with E-state index in [0.717, 1.165) is 5.56 Å². The number of benzene rings is 3. The highest BCUT2D eigenvalue weighted by atomic mass is 32.2. The predicted octanol–water partition coefficient (Wildman–Crippen LogP) is 3.58. The average molecular weight is 439 g/mol. The van der Waals surface area contributed by atoms with Crippen molar-refractivity contribution < 1.29 is 18.3 Å². The molecule has 0 saturated carbocycles. The Balaban J connectivity index is 2.03. The molecular weight excluding hydrogens is 412 g/mol. The van der Waals surface area contributed by atoms with Crippen molar-refractivity contribution >= 4 is 21.6 Å². The number of nitrogens with one attached hydrogen (secondary N) is 1. The smallest absolute Gasteiger partial charge is 0.264 e. The molecule has 162 valence electrons. The van der Waals surface area contributed by atoms with Gasteiger partial charge in [-0.25, -0.2) is 8.42 Å². The molecule has 0 unspecified atom stereocenters. The summed E-state index contributed by atoms with van der Waals surface area (Å²) in [6.45, 7) is 3.30. The van der Waals surface area contributed by atoms with E-state index in [-0.39, 0.29) is 18.0 Å². The van der Waals surface area contributed by atoms with Gasteiger partial charge >= 0.3 is 0 Å². The van der Waals surface area contributed by atoms with Crippen molar-refractivity contribution in [3.63, 3.8) is 0 Å². The Labute approximate surface area is 183 Å². The van der Waals surface area contributed by atoms with E-state index >= 15 is 0 Å². The van der Waals surface area contributed by atoms with Gasteiger partial charge in [0.25, 0.3) is 15.9 Å². The number of anilines is 1. The van der Waals surface area contributed by atoms with Crippen molar-refractivity contribution in [3.05, 3.63) is 96.1 Å². The minimum atomic E-state index is -3.87. The molecule has 0 aromatic heterocycles. The summed E-state index contributed by atoms with van der Waals surface area (Å²) in [6, 6.07) is 24.0. The van der Waals surface area contributed by atoms with E-state index in [4.69, 9.17) is 0 Å². The molecule has 31 heavy (non-hydrogen) atoms. The Kier molecular flexibility index (Phi) is 6.77. The number of aliphatic hydroxyl groups is 1. The van der Waals surface area contributed by atoms with Gasteiger partial charge in [0, 0.05) is 5.56 Å². The molecule has 0 saturated heterocycles. The van der Waals surface area contributed by atoms with E-state index < -0.39 is 21.5 Å². The molecule has 2 N–H and O–H groups in total. The van der Waals surface area contributed by atoms with Gasteiger partial charge in [0.05, 0.1) is 29.3 Å². The molecule has 0 radical (unpaired) electrons. The van der Waals surface area contributed by atoms with Crippen molar-refractivity contribution in [1.29, 1.82) is 0 Å². The van der Waals surface area contributed by atoms with Gasteiger partial charge in [-0.2, -0.15) is 0 Å². The van der Waals surface area contributed by atoms with Crippen LogP contribution in [0.2, 0.25) is 0 Å². The molecule has 0 fully saturated rings. The van der Waals surface area contributed by atoms with Gasteiger partial charge in [-0.3, -0.25) is 9.10 Å². The summed E-state index contributed by atoms with van der Waals surface area (Å²) in [5.74, 6) is -0.391. The van der Waals surface area contributed by atoms with E-state index in [1.807, 2.05) is 30.3 Å². The van der Waals surface area contributed by atoms with Crippen molar-refractivity contribution in [1.82, 2.24) is 5.32 Å². The second-order valence-electron chi connectivity index (χ2n) is 7.86. The Hall–Kier alpha value is -3.16. The Morgan fingerprint density at radius 3 is 2.16 bits per heavy atom. The highest BCUT2D eigenvalue weighted by Gasteiger charge is 2.26. The Bertz CT molecular complexity index is 1130. The van der Waals surface area contributed by atoms with Crippen LogP contribution in [-0.4, -0.2) is 31.6 Å². The van der Waals surface area contributed by atoms with Crippen LogP contribution in [0.15, 0.2) is 89.8 Å². The zero-order valence-electron chi connectivity index (χ0n) is 17.5. The Morgan fingerprint density at radius 1 is 0.935 bits per heavy atom. The first kappa shape index (κ1) is 22.5. The monoisotopic (exact) mass is 438 g/mol. The molecule has 0 atom stereocenters. The first-order valence-corrected chi connectivity index (χ1v) is 11.3. The number of nitrogens with zero attached hydrogens (tertiary/aromatic N) is 1. The lowest BCUT2D eigenvalue weighted by atomic mass is 10.1. The minimum Gasteiger partial charge on any atom is -0.394 e. The number of hydrogen-bond acceptors (Lipinski definition) is 4. The lowest BCUT2D eigenvalue weighted by molar-refractivity contribution is 0.0869. The van der Waals surface area contributed by atoms with Crippen LogP contribution in [-0.2, 0) is 16.6 Å². The highest BCUT2D eigenvalue weighted by molar-refractivity contribution is 7.92. The zero-order valence-corrected chi connectivity index (χ0v) is 18.3. The minimum absolute atomic E-state index is 0.116. The quantitative estimate of drug-likeness (QED) is 0.563. The van der Waals surface area contributed by atoms with Crippen LogP contribution in [0.25, 0.3) is 0 Å². The number of carbonyl (C=O) groups is 1. The number of hydrogen-bond donors (Lipinski definition) is 2. The van der Waals surface area contributed by atoms with Crippen molar-refractivity contribution in [2.45, 2.75) is 30.8 Å². The SMILES string of the molecule is CC(C)(CO)NC(=O)c1cccc(N(Cc2ccccc2)S(=O)(=O)c2ccccc2)c1. The number of amides is 1. The van der Waals surface area contributed by atoms with Gasteiger partial charge in [-0.15, -0.1) is 0 Å². The predicted molar refractivity (Wildman–Crippen MR) is 121 cm³/mol. The molecule has 1 amide bonds. The molecule has 0 spiro atoms. The zero-order chi connectivity index (χ0) is 22.5. The average Bonchev–Trinajstić information content (AvgIpc) is 2.78. The molecule has 3 aromatic rings. The second kappa shape index (κ2) is 9.32.